The van der Waals surface area contributed by atoms with E-state index in [9.17, 15) is 24.0 Å². The van der Waals surface area contributed by atoms with Crippen LogP contribution in [0.25, 0.3) is 0 Å². The van der Waals surface area contributed by atoms with Crippen LogP contribution in [0.15, 0.2) is 115 Å². The molecule has 4 fully saturated rings. The molecule has 22 heteroatoms. The predicted octanol–water partition coefficient (Wildman–Crippen LogP) is 4.95. The van der Waals surface area contributed by atoms with Crippen LogP contribution in [0.4, 0.5) is 0 Å². The molecule has 0 unspecified atom stereocenters. The highest BCUT2D eigenvalue weighted by molar-refractivity contribution is 5.73. The predicted molar refractivity (Wildman–Crippen MR) is 276 cm³/mol. The molecular formula is C58H69NO21. The first-order valence-electron chi connectivity index (χ1n) is 26.2. The zero-order valence-electron chi connectivity index (χ0n) is 45.5. The maximum atomic E-state index is 13.7. The molecule has 4 heterocycles. The van der Waals surface area contributed by atoms with Gasteiger partial charge in [0.25, 0.3) is 0 Å². The molecule has 4 aromatic carbocycles. The van der Waals surface area contributed by atoms with Gasteiger partial charge in [-0.05, 0) is 28.8 Å². The molecule has 22 nitrogen and oxygen atoms in total. The summed E-state index contributed by atoms with van der Waals surface area (Å²) in [6.07, 6.45) is -19.1. The molecule has 0 spiro atoms. The lowest BCUT2D eigenvalue weighted by molar-refractivity contribution is -0.394. The van der Waals surface area contributed by atoms with Gasteiger partial charge in [-0.2, -0.15) is 0 Å². The highest BCUT2D eigenvalue weighted by Gasteiger charge is 2.59. The molecule has 4 saturated heterocycles. The van der Waals surface area contributed by atoms with Crippen molar-refractivity contribution in [2.45, 2.75) is 153 Å². The molecule has 8 rings (SSSR count). The quantitative estimate of drug-likeness (QED) is 0.0763. The van der Waals surface area contributed by atoms with Crippen molar-refractivity contribution < 1.29 is 99.8 Å². The van der Waals surface area contributed by atoms with Gasteiger partial charge in [0, 0.05) is 47.3 Å². The average Bonchev–Trinajstić information content (AvgIpc) is 3.49. The van der Waals surface area contributed by atoms with Gasteiger partial charge in [-0.3, -0.25) is 24.0 Å². The van der Waals surface area contributed by atoms with Gasteiger partial charge in [0.2, 0.25) is 5.91 Å². The third-order valence-corrected chi connectivity index (χ3v) is 13.4. The number of hydrogen-bond acceptors (Lipinski definition) is 21. The number of rotatable bonds is 23. The number of amides is 1. The Kier molecular flexibility index (Phi) is 21.5. The molecule has 0 bridgehead atoms. The lowest BCUT2D eigenvalue weighted by atomic mass is 9.93. The van der Waals surface area contributed by atoms with E-state index in [4.69, 9.17) is 75.8 Å². The highest BCUT2D eigenvalue weighted by Crippen LogP contribution is 2.41. The number of carbonyl (C=O) groups is 5. The fraction of sp³-hybridized carbons (Fsp3) is 0.500. The molecule has 0 aliphatic carbocycles. The van der Waals surface area contributed by atoms with E-state index in [1.165, 1.54) is 14.0 Å². The molecule has 0 radical (unpaired) electrons. The molecular weight excluding hydrogens is 1050 g/mol. The van der Waals surface area contributed by atoms with E-state index in [0.29, 0.717) is 11.3 Å². The summed E-state index contributed by atoms with van der Waals surface area (Å²) in [4.78, 5) is 64.6. The van der Waals surface area contributed by atoms with Crippen molar-refractivity contribution in [2.24, 2.45) is 0 Å². The van der Waals surface area contributed by atoms with Crippen molar-refractivity contribution in [1.82, 2.24) is 5.32 Å². The largest absolute Gasteiger partial charge is 0.497 e. The fourth-order valence-electron chi connectivity index (χ4n) is 9.91. The van der Waals surface area contributed by atoms with E-state index in [-0.39, 0.29) is 33.0 Å². The van der Waals surface area contributed by atoms with Crippen LogP contribution in [0.5, 0.6) is 5.75 Å². The van der Waals surface area contributed by atoms with E-state index in [2.05, 4.69) is 5.32 Å². The van der Waals surface area contributed by atoms with Crippen LogP contribution in [-0.4, -0.2) is 156 Å². The summed E-state index contributed by atoms with van der Waals surface area (Å²) < 4.78 is 101. The number of esters is 4. The SMILES string of the molecule is COc1ccc(COC[C@H]2O[C@@H](OC)[C@H](OCc3ccccc3)[C@@H](OCc3ccccc3)[C@@H]2O[C@@H]2O[C@@H]3CO[C@@H](c4ccccc4)O[C@H]3[C@H](O[C@@H]3O[C@H](COC(C)=O)[C@@H](OC(C)=O)[C@H](OC(C)=O)[C@H]3OC(C)=O)[C@H]2NC(C)=O)cc1. The second kappa shape index (κ2) is 28.8. The van der Waals surface area contributed by atoms with Gasteiger partial charge < -0.3 is 81.1 Å². The second-order valence-corrected chi connectivity index (χ2v) is 19.4. The Balaban J connectivity index is 1.22. The summed E-state index contributed by atoms with van der Waals surface area (Å²) in [6.45, 7) is 5.38. The van der Waals surface area contributed by atoms with E-state index >= 15 is 0 Å². The summed E-state index contributed by atoms with van der Waals surface area (Å²) >= 11 is 0. The summed E-state index contributed by atoms with van der Waals surface area (Å²) in [5, 5.41) is 2.97. The van der Waals surface area contributed by atoms with Crippen molar-refractivity contribution in [3.05, 3.63) is 138 Å². The third kappa shape index (κ3) is 15.9. The van der Waals surface area contributed by atoms with Crippen LogP contribution < -0.4 is 10.1 Å². The van der Waals surface area contributed by atoms with Crippen molar-refractivity contribution in [1.29, 1.82) is 0 Å². The molecule has 1 N–H and O–H groups in total. The number of nitrogens with one attached hydrogen (secondary N) is 1. The zero-order valence-corrected chi connectivity index (χ0v) is 45.5. The van der Waals surface area contributed by atoms with Crippen LogP contribution in [0.2, 0.25) is 0 Å². The van der Waals surface area contributed by atoms with Gasteiger partial charge in [0.15, 0.2) is 43.5 Å². The molecule has 4 aliphatic rings. The number of methoxy groups -OCH3 is 2. The Morgan fingerprint density at radius 3 is 1.65 bits per heavy atom. The molecule has 1 amide bonds. The van der Waals surface area contributed by atoms with Crippen LogP contribution in [-0.2, 0) is 115 Å². The Morgan fingerprint density at radius 1 is 0.512 bits per heavy atom. The first kappa shape index (κ1) is 59.7. The fourth-order valence-corrected chi connectivity index (χ4v) is 9.91. The summed E-state index contributed by atoms with van der Waals surface area (Å²) in [6, 6.07) is 34.1. The van der Waals surface area contributed by atoms with Gasteiger partial charge in [0.1, 0.15) is 67.2 Å². The second-order valence-electron chi connectivity index (χ2n) is 19.4. The third-order valence-electron chi connectivity index (χ3n) is 13.4. The molecule has 0 saturated carbocycles. The summed E-state index contributed by atoms with van der Waals surface area (Å²) in [5.41, 5.74) is 3.16. The molecule has 432 valence electrons. The maximum absolute atomic E-state index is 13.7. The van der Waals surface area contributed by atoms with Crippen molar-refractivity contribution in [2.75, 3.05) is 34.0 Å². The van der Waals surface area contributed by atoms with E-state index in [0.717, 1.165) is 44.4 Å². The number of hydrogen-bond donors (Lipinski definition) is 1. The van der Waals surface area contributed by atoms with Gasteiger partial charge in [-0.1, -0.05) is 103 Å². The zero-order chi connectivity index (χ0) is 56.7. The standard InChI is InChI=1S/C58H69NO21/c1-33(60)59-46-50(80-58-54(74-37(5)64)52(73-36(4)63)49(72-35(3)62)44(77-58)31-68-34(2)61)47-45(32-71-55(78-47)41-21-15-10-16-22-41)75-56(46)79-48-43(30-67-27-40-23-25-42(65-6)26-24-40)76-57(66-7)53(70-29-39-19-13-9-14-20-39)51(48)69-28-38-17-11-8-12-18-38/h8-26,43-58H,27-32H2,1-7H3,(H,59,60)/t43-,44-,45-,46-,47-,48-,49-,50-,51+,52+,53-,54-,55-,56+,57-,58+/m1/s1. The summed E-state index contributed by atoms with van der Waals surface area (Å²) in [7, 11) is 3.07. The molecule has 4 aliphatic heterocycles. The van der Waals surface area contributed by atoms with E-state index in [1.807, 2.05) is 103 Å². The topological polar surface area (TPSA) is 245 Å². The number of fused-ring (bicyclic) bond motifs is 1. The van der Waals surface area contributed by atoms with Crippen LogP contribution in [0.3, 0.4) is 0 Å². The average molecular weight is 1120 g/mol. The highest BCUT2D eigenvalue weighted by atomic mass is 16.8. The van der Waals surface area contributed by atoms with Gasteiger partial charge >= 0.3 is 23.9 Å². The maximum Gasteiger partial charge on any atom is 0.303 e. The van der Waals surface area contributed by atoms with Crippen LogP contribution in [0.1, 0.15) is 63.2 Å². The lowest BCUT2D eigenvalue weighted by Crippen LogP contribution is -2.71. The molecule has 0 aromatic heterocycles. The van der Waals surface area contributed by atoms with Gasteiger partial charge in [0.05, 0.1) is 40.1 Å². The smallest absolute Gasteiger partial charge is 0.303 e. The minimum absolute atomic E-state index is 0.0783. The number of carbonyl (C=O) groups excluding carboxylic acids is 5. The van der Waals surface area contributed by atoms with E-state index in [1.54, 1.807) is 19.2 Å². The number of benzene rings is 4. The van der Waals surface area contributed by atoms with E-state index < -0.39 is 135 Å². The first-order valence-corrected chi connectivity index (χ1v) is 26.2. The molecule has 80 heavy (non-hydrogen) atoms. The van der Waals surface area contributed by atoms with Gasteiger partial charge in [-0.25, -0.2) is 0 Å². The minimum Gasteiger partial charge on any atom is -0.497 e. The van der Waals surface area contributed by atoms with Crippen molar-refractivity contribution >= 4 is 29.8 Å². The normalized spacial score (nSPS) is 30.2. The van der Waals surface area contributed by atoms with Crippen molar-refractivity contribution in [3.63, 3.8) is 0 Å². The molecule has 16 atom stereocenters. The van der Waals surface area contributed by atoms with Crippen LogP contribution >= 0.6 is 0 Å². The lowest BCUT2D eigenvalue weighted by Gasteiger charge is -2.53. The van der Waals surface area contributed by atoms with Crippen molar-refractivity contribution in [3.8, 4) is 5.75 Å². The Hall–Kier alpha value is -6.41. The molecule has 4 aromatic rings. The first-order chi connectivity index (χ1) is 38.7. The van der Waals surface area contributed by atoms with Crippen LogP contribution in [0, 0.1) is 0 Å². The Bertz CT molecular complexity index is 2610. The Labute approximate surface area is 463 Å². The Morgan fingerprint density at radius 2 is 1.06 bits per heavy atom. The van der Waals surface area contributed by atoms with Gasteiger partial charge in [-0.15, -0.1) is 0 Å². The summed E-state index contributed by atoms with van der Waals surface area (Å²) in [5.74, 6) is -3.15. The minimum atomic E-state index is -1.74. The number of ether oxygens (including phenoxy) is 16. The monoisotopic (exact) mass is 1120 g/mol.